The van der Waals surface area contributed by atoms with Crippen LogP contribution in [-0.2, 0) is 0 Å². The van der Waals surface area contributed by atoms with Crippen LogP contribution in [0, 0.1) is 34.9 Å². The van der Waals surface area contributed by atoms with E-state index >= 15 is 8.78 Å². The molecular formula is C21H15BF6O3. The predicted octanol–water partition coefficient (Wildman–Crippen LogP) is 3.06. The quantitative estimate of drug-likeness (QED) is 0.436. The van der Waals surface area contributed by atoms with Crippen LogP contribution in [0.3, 0.4) is 0 Å². The minimum Gasteiger partial charge on any atom is -0.497 e. The van der Waals surface area contributed by atoms with E-state index in [2.05, 4.69) is 0 Å². The number of ether oxygens (including phenoxy) is 3. The van der Waals surface area contributed by atoms with Crippen molar-refractivity contribution in [2.45, 2.75) is 0 Å². The third-order valence-electron chi connectivity index (χ3n) is 4.68. The summed E-state index contributed by atoms with van der Waals surface area (Å²) >= 11 is 0. The van der Waals surface area contributed by atoms with Crippen molar-refractivity contribution in [2.75, 3.05) is 21.3 Å². The second-order valence-electron chi connectivity index (χ2n) is 6.46. The molecule has 3 nitrogen and oxygen atoms in total. The molecule has 0 aliphatic carbocycles. The van der Waals surface area contributed by atoms with E-state index in [0.29, 0.717) is 12.1 Å². The van der Waals surface area contributed by atoms with E-state index < -0.39 is 69.5 Å². The summed E-state index contributed by atoms with van der Waals surface area (Å²) in [6.45, 7) is -1.74. The number of rotatable bonds is 6. The molecule has 0 atom stereocenters. The Balaban J connectivity index is 2.47. The van der Waals surface area contributed by atoms with Gasteiger partial charge in [0.1, 0.15) is 40.5 Å². The highest BCUT2D eigenvalue weighted by Gasteiger charge is 2.36. The summed E-state index contributed by atoms with van der Waals surface area (Å²) in [6, 6.07) is 4.19. The Morgan fingerprint density at radius 1 is 0.548 bits per heavy atom. The second kappa shape index (κ2) is 8.83. The maximum Gasteiger partial charge on any atom is 0.259 e. The number of halogens is 6. The number of methoxy groups -OCH3 is 3. The highest BCUT2D eigenvalue weighted by Crippen LogP contribution is 2.23. The van der Waals surface area contributed by atoms with Gasteiger partial charge in [0.25, 0.3) is 6.71 Å². The molecule has 31 heavy (non-hydrogen) atoms. The zero-order chi connectivity index (χ0) is 22.9. The van der Waals surface area contributed by atoms with Crippen molar-refractivity contribution >= 4 is 23.1 Å². The minimum atomic E-state index is -1.74. The van der Waals surface area contributed by atoms with Crippen molar-refractivity contribution in [1.29, 1.82) is 0 Å². The van der Waals surface area contributed by atoms with Crippen LogP contribution < -0.4 is 30.6 Å². The molecule has 0 spiro atoms. The Bertz CT molecular complexity index is 1060. The molecule has 0 saturated heterocycles. The summed E-state index contributed by atoms with van der Waals surface area (Å²) in [5.41, 5.74) is -1.56. The van der Waals surface area contributed by atoms with Crippen LogP contribution in [0.1, 0.15) is 0 Å². The summed E-state index contributed by atoms with van der Waals surface area (Å²) in [5.74, 6) is -8.19. The summed E-state index contributed by atoms with van der Waals surface area (Å²) < 4.78 is 102. The van der Waals surface area contributed by atoms with Crippen molar-refractivity contribution in [3.05, 3.63) is 71.3 Å². The molecule has 0 aliphatic heterocycles. The molecule has 0 N–H and O–H groups in total. The Morgan fingerprint density at radius 2 is 0.968 bits per heavy atom. The fraction of sp³-hybridized carbons (Fsp3) is 0.143. The summed E-state index contributed by atoms with van der Waals surface area (Å²) in [4.78, 5) is 0. The summed E-state index contributed by atoms with van der Waals surface area (Å²) in [5, 5.41) is 0. The molecule has 0 bridgehead atoms. The fourth-order valence-corrected chi connectivity index (χ4v) is 3.45. The molecule has 3 aromatic carbocycles. The van der Waals surface area contributed by atoms with Crippen LogP contribution in [0.4, 0.5) is 26.3 Å². The summed E-state index contributed by atoms with van der Waals surface area (Å²) in [6.07, 6.45) is 0. The van der Waals surface area contributed by atoms with Crippen LogP contribution in [0.5, 0.6) is 17.2 Å². The van der Waals surface area contributed by atoms with Gasteiger partial charge in [-0.25, -0.2) is 26.3 Å². The van der Waals surface area contributed by atoms with E-state index in [4.69, 9.17) is 14.2 Å². The van der Waals surface area contributed by atoms with Gasteiger partial charge in [0.2, 0.25) is 0 Å². The van der Waals surface area contributed by atoms with E-state index in [1.165, 1.54) is 7.11 Å². The molecule has 0 aromatic heterocycles. The van der Waals surface area contributed by atoms with Gasteiger partial charge < -0.3 is 14.2 Å². The average Bonchev–Trinajstić information content (AvgIpc) is 2.69. The van der Waals surface area contributed by atoms with Crippen molar-refractivity contribution in [3.8, 4) is 17.2 Å². The SMILES string of the molecule is COc1cc(F)c(B(c2cc(F)cc(F)c2OC)c2cc(F)cc(F)c2OC)c(F)c1. The highest BCUT2D eigenvalue weighted by atomic mass is 19.2. The van der Waals surface area contributed by atoms with Gasteiger partial charge in [0.15, 0.2) is 11.6 Å². The highest BCUT2D eigenvalue weighted by molar-refractivity contribution is 6.96. The van der Waals surface area contributed by atoms with Crippen molar-refractivity contribution < 1.29 is 40.6 Å². The fourth-order valence-electron chi connectivity index (χ4n) is 3.45. The molecule has 0 heterocycles. The van der Waals surface area contributed by atoms with Gasteiger partial charge in [-0.15, -0.1) is 0 Å². The van der Waals surface area contributed by atoms with E-state index in [1.807, 2.05) is 0 Å². The molecule has 3 rings (SSSR count). The Labute approximate surface area is 174 Å². The van der Waals surface area contributed by atoms with E-state index in [1.54, 1.807) is 0 Å². The van der Waals surface area contributed by atoms with E-state index in [9.17, 15) is 17.6 Å². The van der Waals surface area contributed by atoms with Crippen LogP contribution in [-0.4, -0.2) is 28.0 Å². The number of benzene rings is 3. The maximum absolute atomic E-state index is 15.0. The monoisotopic (exact) mass is 440 g/mol. The van der Waals surface area contributed by atoms with Gasteiger partial charge in [-0.2, -0.15) is 0 Å². The largest absolute Gasteiger partial charge is 0.497 e. The van der Waals surface area contributed by atoms with Crippen LogP contribution in [0.15, 0.2) is 36.4 Å². The first kappa shape index (κ1) is 22.4. The van der Waals surface area contributed by atoms with E-state index in [0.717, 1.165) is 38.5 Å². The molecule has 0 radical (unpaired) electrons. The van der Waals surface area contributed by atoms with Crippen molar-refractivity contribution in [1.82, 2.24) is 0 Å². The molecule has 0 fully saturated rings. The normalized spacial score (nSPS) is 10.7. The zero-order valence-electron chi connectivity index (χ0n) is 16.5. The zero-order valence-corrected chi connectivity index (χ0v) is 16.5. The van der Waals surface area contributed by atoms with Crippen molar-refractivity contribution in [3.63, 3.8) is 0 Å². The summed E-state index contributed by atoms with van der Waals surface area (Å²) in [7, 11) is 3.29. The van der Waals surface area contributed by atoms with Crippen LogP contribution in [0.2, 0.25) is 0 Å². The van der Waals surface area contributed by atoms with Gasteiger partial charge in [-0.1, -0.05) is 0 Å². The molecular weight excluding hydrogens is 425 g/mol. The van der Waals surface area contributed by atoms with Crippen LogP contribution >= 0.6 is 0 Å². The lowest BCUT2D eigenvalue weighted by molar-refractivity contribution is 0.386. The number of hydrogen-bond acceptors (Lipinski definition) is 3. The van der Waals surface area contributed by atoms with Gasteiger partial charge in [0.05, 0.1) is 21.3 Å². The van der Waals surface area contributed by atoms with Gasteiger partial charge in [-0.3, -0.25) is 0 Å². The lowest BCUT2D eigenvalue weighted by Gasteiger charge is -2.22. The minimum absolute atomic E-state index is 0.174. The first-order chi connectivity index (χ1) is 14.7. The maximum atomic E-state index is 15.0. The van der Waals surface area contributed by atoms with Gasteiger partial charge in [-0.05, 0) is 23.1 Å². The predicted molar refractivity (Wildman–Crippen MR) is 103 cm³/mol. The topological polar surface area (TPSA) is 27.7 Å². The molecule has 0 amide bonds. The average molecular weight is 440 g/mol. The standard InChI is InChI=1S/C21H15BF6O3/c1-29-12-8-15(25)19(16(26)9-12)22(13-4-10(23)6-17(27)20(13)30-2)14-5-11(24)7-18(28)21(14)31-3/h4-9H,1-3H3. The van der Waals surface area contributed by atoms with Crippen LogP contribution in [0.25, 0.3) is 0 Å². The number of hydrogen-bond donors (Lipinski definition) is 0. The molecule has 162 valence electrons. The Morgan fingerprint density at radius 3 is 1.32 bits per heavy atom. The first-order valence-corrected chi connectivity index (χ1v) is 8.80. The Hall–Kier alpha value is -3.30. The van der Waals surface area contributed by atoms with Crippen molar-refractivity contribution in [2.24, 2.45) is 0 Å². The first-order valence-electron chi connectivity index (χ1n) is 8.80. The molecule has 10 heteroatoms. The smallest absolute Gasteiger partial charge is 0.259 e. The molecule has 0 saturated carbocycles. The molecule has 0 unspecified atom stereocenters. The molecule has 3 aromatic rings. The van der Waals surface area contributed by atoms with Gasteiger partial charge >= 0.3 is 0 Å². The third kappa shape index (κ3) is 4.15. The van der Waals surface area contributed by atoms with Gasteiger partial charge in [0, 0.05) is 29.7 Å². The van der Waals surface area contributed by atoms with E-state index in [-0.39, 0.29) is 5.75 Å². The lowest BCUT2D eigenvalue weighted by atomic mass is 9.36. The second-order valence-corrected chi connectivity index (χ2v) is 6.46. The third-order valence-corrected chi connectivity index (χ3v) is 4.68. The lowest BCUT2D eigenvalue weighted by Crippen LogP contribution is -2.55. The molecule has 0 aliphatic rings. The Kier molecular flexibility index (Phi) is 6.38.